The molecule has 19 heavy (non-hydrogen) atoms. The van der Waals surface area contributed by atoms with Crippen LogP contribution in [-0.4, -0.2) is 5.97 Å². The summed E-state index contributed by atoms with van der Waals surface area (Å²) in [4.78, 5) is 12.6. The number of rotatable bonds is 3. The molecule has 5 heteroatoms. The molecule has 2 nitrogen and oxygen atoms in total. The molecular weight excluding hydrogens is 348 g/mol. The highest BCUT2D eigenvalue weighted by molar-refractivity contribution is 9.10. The molecule has 0 N–H and O–H groups in total. The average Bonchev–Trinajstić information content (AvgIpc) is 2.40. The number of hydrogen-bond acceptors (Lipinski definition) is 3. The van der Waals surface area contributed by atoms with Crippen molar-refractivity contribution in [1.82, 2.24) is 0 Å². The summed E-state index contributed by atoms with van der Waals surface area (Å²) in [6.07, 6.45) is 0. The van der Waals surface area contributed by atoms with Crippen LogP contribution in [0.15, 0.2) is 51.8 Å². The molecule has 0 aromatic heterocycles. The second kappa shape index (κ2) is 6.46. The summed E-state index contributed by atoms with van der Waals surface area (Å²) < 4.78 is 6.20. The highest BCUT2D eigenvalue weighted by Crippen LogP contribution is 2.21. The monoisotopic (exact) mass is 356 g/mol. The van der Waals surface area contributed by atoms with Crippen LogP contribution in [0.25, 0.3) is 0 Å². The highest BCUT2D eigenvalue weighted by atomic mass is 79.9. The fourth-order valence-corrected chi connectivity index (χ4v) is 2.14. The van der Waals surface area contributed by atoms with Gasteiger partial charge in [-0.05, 0) is 35.9 Å². The van der Waals surface area contributed by atoms with Crippen LogP contribution in [0.5, 0.6) is 0 Å². The van der Waals surface area contributed by atoms with Crippen molar-refractivity contribution in [2.45, 2.75) is 11.5 Å². The van der Waals surface area contributed by atoms with E-state index in [4.69, 9.17) is 16.3 Å². The smallest absolute Gasteiger partial charge is 0.340 e. The lowest BCUT2D eigenvalue weighted by molar-refractivity contribution is 0.0472. The van der Waals surface area contributed by atoms with Crippen molar-refractivity contribution in [3.05, 3.63) is 63.1 Å². The molecule has 98 valence electrons. The van der Waals surface area contributed by atoms with Gasteiger partial charge >= 0.3 is 5.97 Å². The van der Waals surface area contributed by atoms with Crippen LogP contribution in [0.1, 0.15) is 15.9 Å². The lowest BCUT2D eigenvalue weighted by Gasteiger charge is -2.07. The van der Waals surface area contributed by atoms with Gasteiger partial charge in [0.15, 0.2) is 0 Å². The van der Waals surface area contributed by atoms with Crippen LogP contribution in [0.2, 0.25) is 5.02 Å². The highest BCUT2D eigenvalue weighted by Gasteiger charge is 2.12. The number of esters is 1. The predicted octanol–water partition coefficient (Wildman–Crippen LogP) is 4.75. The van der Waals surface area contributed by atoms with Crippen LogP contribution >= 0.6 is 40.2 Å². The molecule has 0 saturated heterocycles. The molecule has 0 bridgehead atoms. The fraction of sp³-hybridized carbons (Fsp3) is 0.0714. The minimum atomic E-state index is -0.455. The normalized spacial score (nSPS) is 10.3. The van der Waals surface area contributed by atoms with Gasteiger partial charge in [-0.1, -0.05) is 39.7 Å². The Hall–Kier alpha value is -0.970. The largest absolute Gasteiger partial charge is 0.457 e. The first-order chi connectivity index (χ1) is 9.06. The first kappa shape index (κ1) is 14.4. The molecule has 0 aliphatic carbocycles. The SMILES string of the molecule is O=C(OCc1ccc(Br)cc1)c1cc(S)ccc1Cl. The molecule has 0 aliphatic heterocycles. The van der Waals surface area contributed by atoms with E-state index in [1.54, 1.807) is 18.2 Å². The maximum absolute atomic E-state index is 11.9. The predicted molar refractivity (Wildman–Crippen MR) is 82.0 cm³/mol. The van der Waals surface area contributed by atoms with Crippen LogP contribution in [0, 0.1) is 0 Å². The summed E-state index contributed by atoms with van der Waals surface area (Å²) in [5, 5.41) is 0.360. The van der Waals surface area contributed by atoms with Crippen molar-refractivity contribution in [3.8, 4) is 0 Å². The number of hydrogen-bond donors (Lipinski definition) is 1. The topological polar surface area (TPSA) is 26.3 Å². The quantitative estimate of drug-likeness (QED) is 0.634. The lowest BCUT2D eigenvalue weighted by atomic mass is 10.2. The van der Waals surface area contributed by atoms with E-state index in [0.29, 0.717) is 15.5 Å². The van der Waals surface area contributed by atoms with Gasteiger partial charge in [0.2, 0.25) is 0 Å². The second-order valence-electron chi connectivity index (χ2n) is 3.87. The van der Waals surface area contributed by atoms with Gasteiger partial charge in [-0.25, -0.2) is 4.79 Å². The van der Waals surface area contributed by atoms with Crippen molar-refractivity contribution in [1.29, 1.82) is 0 Å². The summed E-state index contributed by atoms with van der Waals surface area (Å²) in [6.45, 7) is 0.208. The summed E-state index contributed by atoms with van der Waals surface area (Å²) in [6, 6.07) is 12.5. The second-order valence-corrected chi connectivity index (χ2v) is 5.71. The number of halogens is 2. The third-order valence-electron chi connectivity index (χ3n) is 2.45. The van der Waals surface area contributed by atoms with E-state index in [-0.39, 0.29) is 6.61 Å². The van der Waals surface area contributed by atoms with Crippen LogP contribution in [0.3, 0.4) is 0 Å². The molecule has 0 heterocycles. The van der Waals surface area contributed by atoms with Gasteiger partial charge in [0.05, 0.1) is 10.6 Å². The van der Waals surface area contributed by atoms with E-state index >= 15 is 0 Å². The Morgan fingerprint density at radius 3 is 2.58 bits per heavy atom. The number of benzene rings is 2. The molecule has 0 unspecified atom stereocenters. The van der Waals surface area contributed by atoms with E-state index in [1.165, 1.54) is 0 Å². The van der Waals surface area contributed by atoms with Crippen molar-refractivity contribution >= 4 is 46.1 Å². The van der Waals surface area contributed by atoms with Crippen molar-refractivity contribution < 1.29 is 9.53 Å². The maximum Gasteiger partial charge on any atom is 0.340 e. The molecule has 0 fully saturated rings. The zero-order valence-electron chi connectivity index (χ0n) is 9.77. The molecule has 0 spiro atoms. The van der Waals surface area contributed by atoms with E-state index in [2.05, 4.69) is 28.6 Å². The van der Waals surface area contributed by atoms with Crippen LogP contribution in [-0.2, 0) is 11.3 Å². The summed E-state index contributed by atoms with van der Waals surface area (Å²) in [5.74, 6) is -0.455. The molecule has 0 atom stereocenters. The van der Waals surface area contributed by atoms with Crippen LogP contribution in [0.4, 0.5) is 0 Å². The van der Waals surface area contributed by atoms with Crippen molar-refractivity contribution in [3.63, 3.8) is 0 Å². The molecular formula is C14H10BrClO2S. The van der Waals surface area contributed by atoms with Gasteiger partial charge < -0.3 is 4.74 Å². The maximum atomic E-state index is 11.9. The van der Waals surface area contributed by atoms with Gasteiger partial charge in [-0.2, -0.15) is 0 Å². The zero-order chi connectivity index (χ0) is 13.8. The minimum absolute atomic E-state index is 0.208. The average molecular weight is 358 g/mol. The summed E-state index contributed by atoms with van der Waals surface area (Å²) in [7, 11) is 0. The molecule has 0 aliphatic rings. The summed E-state index contributed by atoms with van der Waals surface area (Å²) >= 11 is 13.5. The number of ether oxygens (including phenoxy) is 1. The van der Waals surface area contributed by atoms with Gasteiger partial charge in [-0.15, -0.1) is 12.6 Å². The first-order valence-corrected chi connectivity index (χ1v) is 7.08. The van der Waals surface area contributed by atoms with E-state index in [1.807, 2.05) is 24.3 Å². The molecule has 2 aromatic carbocycles. The third-order valence-corrected chi connectivity index (χ3v) is 3.59. The zero-order valence-corrected chi connectivity index (χ0v) is 13.0. The minimum Gasteiger partial charge on any atom is -0.457 e. The molecule has 0 saturated carbocycles. The molecule has 0 radical (unpaired) electrons. The number of carbonyl (C=O) groups excluding carboxylic acids is 1. The Morgan fingerprint density at radius 1 is 1.21 bits per heavy atom. The lowest BCUT2D eigenvalue weighted by Crippen LogP contribution is -2.06. The van der Waals surface area contributed by atoms with Crippen molar-refractivity contribution in [2.75, 3.05) is 0 Å². The summed E-state index contributed by atoms with van der Waals surface area (Å²) in [5.41, 5.74) is 1.24. The van der Waals surface area contributed by atoms with Gasteiger partial charge in [0.1, 0.15) is 6.61 Å². The van der Waals surface area contributed by atoms with Gasteiger partial charge in [0.25, 0.3) is 0 Å². The van der Waals surface area contributed by atoms with E-state index in [9.17, 15) is 4.79 Å². The van der Waals surface area contributed by atoms with Gasteiger partial charge in [0, 0.05) is 9.37 Å². The Bertz CT molecular complexity index is 599. The Balaban J connectivity index is 2.05. The number of thiol groups is 1. The fourth-order valence-electron chi connectivity index (χ4n) is 1.48. The molecule has 2 aromatic rings. The molecule has 0 amide bonds. The van der Waals surface area contributed by atoms with Crippen molar-refractivity contribution in [2.24, 2.45) is 0 Å². The Labute approximate surface area is 130 Å². The Morgan fingerprint density at radius 2 is 1.89 bits per heavy atom. The first-order valence-electron chi connectivity index (χ1n) is 5.46. The molecule has 2 rings (SSSR count). The standard InChI is InChI=1S/C14H10BrClO2S/c15-10-3-1-9(2-4-10)8-18-14(17)12-7-11(19)5-6-13(12)16/h1-7,19H,8H2. The van der Waals surface area contributed by atoms with E-state index < -0.39 is 5.97 Å². The van der Waals surface area contributed by atoms with Gasteiger partial charge in [-0.3, -0.25) is 0 Å². The van der Waals surface area contributed by atoms with Crippen LogP contribution < -0.4 is 0 Å². The Kier molecular flexibility index (Phi) is 4.91. The third kappa shape index (κ3) is 4.00. The number of carbonyl (C=O) groups is 1. The van der Waals surface area contributed by atoms with E-state index in [0.717, 1.165) is 10.0 Å².